The monoisotopic (exact) mass is 416 g/mol. The van der Waals surface area contributed by atoms with E-state index in [4.69, 9.17) is 16.3 Å². The summed E-state index contributed by atoms with van der Waals surface area (Å²) < 4.78 is 8.26. The summed E-state index contributed by atoms with van der Waals surface area (Å²) in [7, 11) is 1.61. The minimum atomic E-state index is -0.259. The van der Waals surface area contributed by atoms with E-state index in [1.165, 1.54) is 4.68 Å². The number of hydrogen-bond acceptors (Lipinski definition) is 4. The van der Waals surface area contributed by atoms with Gasteiger partial charge in [0.1, 0.15) is 6.54 Å². The Morgan fingerprint density at radius 2 is 1.93 bits per heavy atom. The van der Waals surface area contributed by atoms with Crippen LogP contribution in [0.2, 0.25) is 5.02 Å². The fraction of sp³-hybridized carbons (Fsp3) is 0.381. The first-order chi connectivity index (χ1) is 13.9. The molecule has 0 unspecified atom stereocenters. The van der Waals surface area contributed by atoms with Gasteiger partial charge in [0, 0.05) is 48.6 Å². The molecule has 0 radical (unpaired) electrons. The lowest BCUT2D eigenvalue weighted by molar-refractivity contribution is -0.121. The first-order valence-corrected chi connectivity index (χ1v) is 9.85. The van der Waals surface area contributed by atoms with Crippen LogP contribution >= 0.6 is 11.6 Å². The van der Waals surface area contributed by atoms with Crippen LogP contribution in [-0.2, 0) is 22.6 Å². The number of methoxy groups -OCH3 is 1. The van der Waals surface area contributed by atoms with Crippen LogP contribution in [0.5, 0.6) is 0 Å². The molecule has 29 heavy (non-hydrogen) atoms. The number of benzene rings is 1. The molecule has 1 amide bonds. The molecule has 0 saturated heterocycles. The molecule has 0 atom stereocenters. The number of carbonyl (C=O) groups is 1. The number of aromatic nitrogens is 3. The quantitative estimate of drug-likeness (QED) is 0.572. The maximum Gasteiger partial charge on any atom is 0.276 e. The van der Waals surface area contributed by atoms with Crippen LogP contribution in [0.25, 0.3) is 10.8 Å². The van der Waals surface area contributed by atoms with E-state index in [9.17, 15) is 9.59 Å². The van der Waals surface area contributed by atoms with E-state index in [1.807, 2.05) is 38.1 Å². The molecule has 1 aromatic carbocycles. The van der Waals surface area contributed by atoms with Crippen molar-refractivity contribution in [3.8, 4) is 0 Å². The van der Waals surface area contributed by atoms with Crippen LogP contribution in [0.15, 0.2) is 35.3 Å². The van der Waals surface area contributed by atoms with Gasteiger partial charge in [-0.25, -0.2) is 4.68 Å². The zero-order valence-electron chi connectivity index (χ0n) is 16.9. The third-order valence-corrected chi connectivity index (χ3v) is 5.25. The van der Waals surface area contributed by atoms with Gasteiger partial charge < -0.3 is 14.6 Å². The predicted octanol–water partition coefficient (Wildman–Crippen LogP) is 2.67. The summed E-state index contributed by atoms with van der Waals surface area (Å²) in [5.41, 5.74) is 2.65. The Bertz CT molecular complexity index is 1070. The van der Waals surface area contributed by atoms with Crippen molar-refractivity contribution in [2.75, 3.05) is 20.3 Å². The number of fused-ring (bicyclic) bond motifs is 1. The number of hydrogen-bond donors (Lipinski definition) is 1. The first-order valence-electron chi connectivity index (χ1n) is 9.48. The van der Waals surface area contributed by atoms with E-state index in [2.05, 4.69) is 15.0 Å². The minimum absolute atomic E-state index is 0.109. The van der Waals surface area contributed by atoms with Gasteiger partial charge in [0.25, 0.3) is 5.56 Å². The molecular formula is C21H25ClN4O3. The highest BCUT2D eigenvalue weighted by Gasteiger charge is 2.17. The minimum Gasteiger partial charge on any atom is -0.385 e. The molecule has 0 aliphatic rings. The summed E-state index contributed by atoms with van der Waals surface area (Å²) in [4.78, 5) is 25.1. The molecule has 2 heterocycles. The number of amides is 1. The van der Waals surface area contributed by atoms with Crippen LogP contribution in [0.1, 0.15) is 23.4 Å². The van der Waals surface area contributed by atoms with Crippen molar-refractivity contribution < 1.29 is 9.53 Å². The summed E-state index contributed by atoms with van der Waals surface area (Å²) in [6, 6.07) is 7.64. The van der Waals surface area contributed by atoms with Gasteiger partial charge in [0.05, 0.1) is 11.6 Å². The van der Waals surface area contributed by atoms with Gasteiger partial charge in [-0.1, -0.05) is 23.7 Å². The Morgan fingerprint density at radius 1 is 1.21 bits per heavy atom. The second kappa shape index (κ2) is 9.24. The normalized spacial score (nSPS) is 11.2. The van der Waals surface area contributed by atoms with Crippen molar-refractivity contribution in [3.63, 3.8) is 0 Å². The van der Waals surface area contributed by atoms with Crippen LogP contribution < -0.4 is 10.9 Å². The van der Waals surface area contributed by atoms with E-state index in [1.54, 1.807) is 13.3 Å². The van der Waals surface area contributed by atoms with Crippen LogP contribution in [0.3, 0.4) is 0 Å². The largest absolute Gasteiger partial charge is 0.385 e. The predicted molar refractivity (Wildman–Crippen MR) is 114 cm³/mol. The van der Waals surface area contributed by atoms with Crippen molar-refractivity contribution in [2.24, 2.45) is 0 Å². The lowest BCUT2D eigenvalue weighted by Gasteiger charge is -2.09. The van der Waals surface area contributed by atoms with Crippen molar-refractivity contribution >= 4 is 28.3 Å². The van der Waals surface area contributed by atoms with Gasteiger partial charge in [-0.15, -0.1) is 0 Å². The highest BCUT2D eigenvalue weighted by Crippen LogP contribution is 2.23. The molecule has 3 aromatic rings. The highest BCUT2D eigenvalue weighted by atomic mass is 35.5. The molecule has 1 N–H and O–H groups in total. The van der Waals surface area contributed by atoms with E-state index in [0.717, 1.165) is 28.8 Å². The van der Waals surface area contributed by atoms with E-state index < -0.39 is 0 Å². The Morgan fingerprint density at radius 3 is 2.62 bits per heavy atom. The molecule has 0 saturated carbocycles. The molecule has 2 aromatic heterocycles. The number of nitrogens with zero attached hydrogens (tertiary/aromatic N) is 3. The average molecular weight is 417 g/mol. The molecule has 154 valence electrons. The lowest BCUT2D eigenvalue weighted by Crippen LogP contribution is -2.34. The third kappa shape index (κ3) is 4.68. The number of aryl methyl sites for hydroxylation is 2. The summed E-state index contributed by atoms with van der Waals surface area (Å²) >= 11 is 5.97. The Balaban J connectivity index is 1.86. The second-order valence-corrected chi connectivity index (χ2v) is 7.41. The second-order valence-electron chi connectivity index (χ2n) is 6.98. The van der Waals surface area contributed by atoms with Crippen LogP contribution in [0, 0.1) is 13.8 Å². The Hall–Kier alpha value is -2.64. The lowest BCUT2D eigenvalue weighted by atomic mass is 10.2. The van der Waals surface area contributed by atoms with E-state index in [0.29, 0.717) is 30.1 Å². The Kier molecular flexibility index (Phi) is 6.71. The molecule has 0 fully saturated rings. The standard InChI is InChI=1S/C21H25ClN4O3/c1-14-18-11-24-26(13-19(27)23-9-4-10-29-3)21(28)20(18)15(2)25(14)12-16-5-7-17(22)8-6-16/h5-8,11H,4,9-10,12-13H2,1-3H3,(H,23,27). The number of halogens is 1. The number of carbonyl (C=O) groups excluding carboxylic acids is 1. The zero-order valence-corrected chi connectivity index (χ0v) is 17.6. The Labute approximate surface area is 174 Å². The highest BCUT2D eigenvalue weighted by molar-refractivity contribution is 6.30. The molecule has 0 bridgehead atoms. The van der Waals surface area contributed by atoms with Gasteiger partial charge in [-0.3, -0.25) is 9.59 Å². The van der Waals surface area contributed by atoms with Crippen molar-refractivity contribution in [1.29, 1.82) is 0 Å². The molecular weight excluding hydrogens is 392 g/mol. The summed E-state index contributed by atoms with van der Waals surface area (Å²) in [5, 5.41) is 9.07. The topological polar surface area (TPSA) is 78.2 Å². The summed E-state index contributed by atoms with van der Waals surface area (Å²) in [6.45, 7) is 5.48. The van der Waals surface area contributed by atoms with Crippen molar-refractivity contribution in [3.05, 3.63) is 62.8 Å². The van der Waals surface area contributed by atoms with Gasteiger partial charge >= 0.3 is 0 Å². The third-order valence-electron chi connectivity index (χ3n) is 5.00. The number of ether oxygens (including phenoxy) is 1. The fourth-order valence-electron chi connectivity index (χ4n) is 3.40. The van der Waals surface area contributed by atoms with Crippen molar-refractivity contribution in [2.45, 2.75) is 33.4 Å². The maximum atomic E-state index is 13.0. The van der Waals surface area contributed by atoms with Gasteiger partial charge in [-0.05, 0) is 38.0 Å². The van der Waals surface area contributed by atoms with E-state index in [-0.39, 0.29) is 18.0 Å². The van der Waals surface area contributed by atoms with Crippen molar-refractivity contribution in [1.82, 2.24) is 19.7 Å². The first kappa shape index (κ1) is 21.1. The average Bonchev–Trinajstić information content (AvgIpc) is 2.94. The smallest absolute Gasteiger partial charge is 0.276 e. The van der Waals surface area contributed by atoms with E-state index >= 15 is 0 Å². The van der Waals surface area contributed by atoms with Gasteiger partial charge in [0.2, 0.25) is 5.91 Å². The van der Waals surface area contributed by atoms with Crippen LogP contribution in [-0.4, -0.2) is 40.5 Å². The fourth-order valence-corrected chi connectivity index (χ4v) is 3.53. The zero-order chi connectivity index (χ0) is 21.0. The molecule has 8 heteroatoms. The summed E-state index contributed by atoms with van der Waals surface area (Å²) in [5.74, 6) is -0.245. The number of nitrogens with one attached hydrogen (secondary N) is 1. The molecule has 3 rings (SSSR count). The maximum absolute atomic E-state index is 13.0. The SMILES string of the molecule is COCCCNC(=O)Cn1ncc2c(C)n(Cc3ccc(Cl)cc3)c(C)c2c1=O. The molecule has 0 aliphatic carbocycles. The van der Waals surface area contributed by atoms with Crippen LogP contribution in [0.4, 0.5) is 0 Å². The van der Waals surface area contributed by atoms with Gasteiger partial charge in [0.15, 0.2) is 0 Å². The molecule has 0 aliphatic heterocycles. The van der Waals surface area contributed by atoms with Gasteiger partial charge in [-0.2, -0.15) is 5.10 Å². The molecule has 7 nitrogen and oxygen atoms in total. The number of rotatable bonds is 8. The summed E-state index contributed by atoms with van der Waals surface area (Å²) in [6.07, 6.45) is 2.38. The molecule has 0 spiro atoms.